The maximum atomic E-state index is 13.2. The normalized spacial score (nSPS) is 24.6. The van der Waals surface area contributed by atoms with E-state index in [1.54, 1.807) is 21.1 Å². The molecule has 4 rings (SSSR count). The summed E-state index contributed by atoms with van der Waals surface area (Å²) in [4.78, 5) is 61.7. The van der Waals surface area contributed by atoms with Gasteiger partial charge in [-0.05, 0) is 31.4 Å². The number of anilines is 1. The molecule has 0 aromatic carbocycles. The number of nitrogens with one attached hydrogen (secondary N) is 3. The number of likely N-dealkylation sites (N-methyl/N-ethyl adjacent to an activating group) is 1. The first-order valence-electron chi connectivity index (χ1n) is 12.2. The fraction of sp³-hybridized carbons (Fsp3) is 0.500. The van der Waals surface area contributed by atoms with E-state index in [9.17, 15) is 24.4 Å². The first kappa shape index (κ1) is 27.9. The van der Waals surface area contributed by atoms with Crippen LogP contribution in [0.3, 0.4) is 0 Å². The van der Waals surface area contributed by atoms with Crippen molar-refractivity contribution in [3.05, 3.63) is 44.1 Å². The van der Waals surface area contributed by atoms with Gasteiger partial charge in [-0.25, -0.2) is 9.97 Å². The average Bonchev–Trinajstić information content (AvgIpc) is 3.28. The quantitative estimate of drug-likeness (QED) is 0.281. The first-order valence-corrected chi connectivity index (χ1v) is 13.4. The van der Waals surface area contributed by atoms with Gasteiger partial charge in [-0.15, -0.1) is 11.3 Å². The lowest BCUT2D eigenvalue weighted by Gasteiger charge is -2.40. The molecule has 0 radical (unpaired) electrons. The summed E-state index contributed by atoms with van der Waals surface area (Å²) in [5, 5.41) is 21.0. The molecule has 1 unspecified atom stereocenters. The molecule has 1 aliphatic carbocycles. The third-order valence-corrected chi connectivity index (χ3v) is 8.03. The molecule has 1 fully saturated rings. The van der Waals surface area contributed by atoms with Crippen molar-refractivity contribution < 1.29 is 23.8 Å². The number of quaternary nitrogens is 1. The number of aromatic nitrogens is 2. The summed E-state index contributed by atoms with van der Waals surface area (Å²) >= 11 is 6.99. The smallest absolute Gasteiger partial charge is 0.314 e. The molecule has 4 amide bonds. The SMILES string of the molecule is CN(C)C(=O)[C@H]1CC[C@H](NC(=O)C(=O)Nc2ccc(Cl)cn2)[C@H](NC(=O)c2nc3c(s2)C[N+](C)([O-])CC3)C1. The molecule has 1 aliphatic heterocycles. The van der Waals surface area contributed by atoms with Gasteiger partial charge in [-0.1, -0.05) is 11.6 Å². The highest BCUT2D eigenvalue weighted by Crippen LogP contribution is 2.30. The Morgan fingerprint density at radius 3 is 2.58 bits per heavy atom. The van der Waals surface area contributed by atoms with E-state index >= 15 is 0 Å². The molecule has 3 N–H and O–H groups in total. The largest absolute Gasteiger partial charge is 0.633 e. The van der Waals surface area contributed by atoms with Gasteiger partial charge < -0.3 is 30.7 Å². The molecule has 2 aromatic heterocycles. The Kier molecular flexibility index (Phi) is 8.31. The van der Waals surface area contributed by atoms with Crippen LogP contribution >= 0.6 is 22.9 Å². The highest BCUT2D eigenvalue weighted by atomic mass is 35.5. The van der Waals surface area contributed by atoms with Crippen LogP contribution in [-0.4, -0.2) is 82.9 Å². The molecule has 2 aromatic rings. The Hall–Kier alpha value is -3.13. The Labute approximate surface area is 228 Å². The van der Waals surface area contributed by atoms with Crippen molar-refractivity contribution >= 4 is 52.4 Å². The minimum Gasteiger partial charge on any atom is -0.633 e. The van der Waals surface area contributed by atoms with Crippen LogP contribution in [0.15, 0.2) is 18.3 Å². The molecule has 3 heterocycles. The summed E-state index contributed by atoms with van der Waals surface area (Å²) in [6, 6.07) is 1.80. The van der Waals surface area contributed by atoms with Crippen LogP contribution in [0.5, 0.6) is 0 Å². The van der Waals surface area contributed by atoms with Crippen molar-refractivity contribution in [3.63, 3.8) is 0 Å². The summed E-state index contributed by atoms with van der Waals surface area (Å²) in [7, 11) is 4.93. The van der Waals surface area contributed by atoms with Gasteiger partial charge in [-0.2, -0.15) is 0 Å². The van der Waals surface area contributed by atoms with Crippen LogP contribution in [0.1, 0.15) is 39.6 Å². The monoisotopic (exact) mass is 563 g/mol. The second-order valence-electron chi connectivity index (χ2n) is 10.0. The molecule has 204 valence electrons. The first-order chi connectivity index (χ1) is 17.9. The summed E-state index contributed by atoms with van der Waals surface area (Å²) in [5.74, 6) is -2.50. The van der Waals surface area contributed by atoms with E-state index in [4.69, 9.17) is 11.6 Å². The number of hydroxylamine groups is 3. The maximum Gasteiger partial charge on any atom is 0.314 e. The van der Waals surface area contributed by atoms with E-state index in [2.05, 4.69) is 25.9 Å². The lowest BCUT2D eigenvalue weighted by Crippen LogP contribution is -2.57. The summed E-state index contributed by atoms with van der Waals surface area (Å²) < 4.78 is -0.408. The van der Waals surface area contributed by atoms with Crippen molar-refractivity contribution in [1.29, 1.82) is 0 Å². The van der Waals surface area contributed by atoms with Gasteiger partial charge in [0.25, 0.3) is 5.91 Å². The minimum absolute atomic E-state index is 0.0715. The number of fused-ring (bicyclic) bond motifs is 1. The van der Waals surface area contributed by atoms with Crippen molar-refractivity contribution in [2.45, 2.75) is 44.3 Å². The molecule has 4 atom stereocenters. The van der Waals surface area contributed by atoms with Crippen LogP contribution < -0.4 is 16.0 Å². The number of hydrogen-bond donors (Lipinski definition) is 3. The van der Waals surface area contributed by atoms with E-state index < -0.39 is 34.5 Å². The second-order valence-corrected chi connectivity index (χ2v) is 11.6. The summed E-state index contributed by atoms with van der Waals surface area (Å²) in [6.07, 6.45) is 3.00. The molecular formula is C24H30ClN7O5S. The third-order valence-electron chi connectivity index (χ3n) is 6.72. The molecule has 14 heteroatoms. The number of amides is 4. The van der Waals surface area contributed by atoms with Crippen LogP contribution in [-0.2, 0) is 27.3 Å². The second kappa shape index (κ2) is 11.3. The Morgan fingerprint density at radius 2 is 1.89 bits per heavy atom. The predicted molar refractivity (Wildman–Crippen MR) is 141 cm³/mol. The van der Waals surface area contributed by atoms with Crippen molar-refractivity contribution in [1.82, 2.24) is 25.5 Å². The van der Waals surface area contributed by atoms with Crippen LogP contribution in [0.25, 0.3) is 0 Å². The number of carbonyl (C=O) groups excluding carboxylic acids is 4. The Morgan fingerprint density at radius 1 is 1.13 bits per heavy atom. The zero-order valence-corrected chi connectivity index (χ0v) is 22.9. The standard InChI is InChI=1S/C24H30ClN7O5S/c1-31(2)24(36)13-4-6-15(27-20(33)21(34)30-19-7-5-14(25)11-26-19)17(10-13)28-22(35)23-29-16-8-9-32(3,37)12-18(16)38-23/h5,7,11,13,15,17H,4,6,8-10,12H2,1-3H3,(H,27,33)(H,28,35)(H,26,30,34)/t13-,15-,17+,32?/m0/s1. The van der Waals surface area contributed by atoms with E-state index in [0.717, 1.165) is 10.6 Å². The summed E-state index contributed by atoms with van der Waals surface area (Å²) in [5.41, 5.74) is 0.758. The van der Waals surface area contributed by atoms with Gasteiger partial charge in [0.2, 0.25) is 5.91 Å². The van der Waals surface area contributed by atoms with Gasteiger partial charge in [0.15, 0.2) is 5.01 Å². The lowest BCUT2D eigenvalue weighted by atomic mass is 9.81. The van der Waals surface area contributed by atoms with Crippen LogP contribution in [0, 0.1) is 11.1 Å². The molecule has 0 saturated heterocycles. The number of nitrogens with zero attached hydrogens (tertiary/aromatic N) is 4. The van der Waals surface area contributed by atoms with Crippen LogP contribution in [0.4, 0.5) is 5.82 Å². The third kappa shape index (κ3) is 6.65. The van der Waals surface area contributed by atoms with E-state index in [0.29, 0.717) is 30.8 Å². The number of thiazole rings is 1. The number of pyridine rings is 1. The Balaban J connectivity index is 1.46. The number of rotatable bonds is 5. The molecule has 0 spiro atoms. The van der Waals surface area contributed by atoms with Gasteiger partial charge >= 0.3 is 11.8 Å². The number of hydrogen-bond acceptors (Lipinski definition) is 8. The van der Waals surface area contributed by atoms with E-state index in [-0.39, 0.29) is 35.6 Å². The zero-order chi connectivity index (χ0) is 27.6. The molecule has 2 aliphatic rings. The molecular weight excluding hydrogens is 534 g/mol. The fourth-order valence-corrected chi connectivity index (χ4v) is 5.96. The van der Waals surface area contributed by atoms with Crippen molar-refractivity contribution in [3.8, 4) is 0 Å². The highest BCUT2D eigenvalue weighted by Gasteiger charge is 2.38. The topological polar surface area (TPSA) is 156 Å². The molecule has 38 heavy (non-hydrogen) atoms. The fourth-order valence-electron chi connectivity index (χ4n) is 4.70. The van der Waals surface area contributed by atoms with E-state index in [1.165, 1.54) is 34.6 Å². The molecule has 12 nitrogen and oxygen atoms in total. The van der Waals surface area contributed by atoms with Crippen molar-refractivity contribution in [2.24, 2.45) is 5.92 Å². The van der Waals surface area contributed by atoms with Crippen LogP contribution in [0.2, 0.25) is 5.02 Å². The van der Waals surface area contributed by atoms with Gasteiger partial charge in [0.1, 0.15) is 12.4 Å². The van der Waals surface area contributed by atoms with E-state index in [1.807, 2.05) is 0 Å². The maximum absolute atomic E-state index is 13.2. The summed E-state index contributed by atoms with van der Waals surface area (Å²) in [6.45, 7) is 0.663. The molecule has 0 bridgehead atoms. The highest BCUT2D eigenvalue weighted by molar-refractivity contribution is 7.13. The lowest BCUT2D eigenvalue weighted by molar-refractivity contribution is -0.876. The number of carbonyl (C=O) groups is 4. The van der Waals surface area contributed by atoms with Gasteiger partial charge in [0, 0.05) is 38.7 Å². The predicted octanol–water partition coefficient (Wildman–Crippen LogP) is 1.30. The zero-order valence-electron chi connectivity index (χ0n) is 21.3. The van der Waals surface area contributed by atoms with Crippen molar-refractivity contribution in [2.75, 3.05) is 33.0 Å². The number of halogens is 1. The Bertz CT molecular complexity index is 1230. The average molecular weight is 564 g/mol. The van der Waals surface area contributed by atoms with Gasteiger partial charge in [-0.3, -0.25) is 19.2 Å². The molecule has 1 saturated carbocycles. The van der Waals surface area contributed by atoms with Gasteiger partial charge in [0.05, 0.1) is 35.2 Å². The minimum atomic E-state index is -0.914.